The highest BCUT2D eigenvalue weighted by Gasteiger charge is 2.66. The van der Waals surface area contributed by atoms with Crippen LogP contribution in [0, 0.1) is 0 Å². The molecule has 0 bridgehead atoms. The first-order valence-corrected chi connectivity index (χ1v) is 12.2. The smallest absolute Gasteiger partial charge is 0.323 e. The summed E-state index contributed by atoms with van der Waals surface area (Å²) in [5, 5.41) is 50.7. The fourth-order valence-corrected chi connectivity index (χ4v) is 4.50. The van der Waals surface area contributed by atoms with Crippen molar-refractivity contribution >= 4 is 33.2 Å². The second kappa shape index (κ2) is 9.05. The maximum Gasteiger partial charge on any atom is 0.323 e. The highest BCUT2D eigenvalue weighted by Crippen LogP contribution is 2.46. The summed E-state index contributed by atoms with van der Waals surface area (Å²) in [4.78, 5) is 38.4. The molecule has 1 heterocycles. The minimum Gasteiger partial charge on any atom is -0.493 e. The maximum atomic E-state index is 13.5. The van der Waals surface area contributed by atoms with E-state index in [1.165, 1.54) is 12.1 Å². The number of amides is 3. The zero-order valence-electron chi connectivity index (χ0n) is 19.9. The van der Waals surface area contributed by atoms with E-state index in [1.54, 1.807) is 0 Å². The molecule has 2 aromatic rings. The molecule has 0 saturated heterocycles. The van der Waals surface area contributed by atoms with Crippen LogP contribution in [-0.4, -0.2) is 81.0 Å². The van der Waals surface area contributed by atoms with E-state index in [2.05, 4.69) is 5.32 Å². The molecule has 0 saturated carbocycles. The highest BCUT2D eigenvalue weighted by atomic mass is 32.2. The third kappa shape index (κ3) is 4.63. The monoisotopic (exact) mass is 540 g/mol. The Morgan fingerprint density at radius 1 is 1.00 bits per heavy atom. The second-order valence-electron chi connectivity index (χ2n) is 8.31. The molecule has 0 radical (unpaired) electrons. The molecule has 0 aliphatic carbocycles. The van der Waals surface area contributed by atoms with Crippen molar-refractivity contribution in [1.29, 1.82) is 0 Å². The molecule has 0 spiro atoms. The molecule has 14 nitrogen and oxygen atoms in total. The number of ether oxygens (including phenoxy) is 2. The summed E-state index contributed by atoms with van der Waals surface area (Å²) in [7, 11) is -3.94. The van der Waals surface area contributed by atoms with E-state index < -0.39 is 61.3 Å². The number of nitrogens with one attached hydrogen (secondary N) is 1. The number of imide groups is 1. The van der Waals surface area contributed by atoms with Crippen molar-refractivity contribution in [2.75, 3.05) is 18.7 Å². The Morgan fingerprint density at radius 3 is 2.14 bits per heavy atom. The first kappa shape index (κ1) is 28.0. The number of nitrogens with zero attached hydrogens (tertiary/aromatic N) is 1. The summed E-state index contributed by atoms with van der Waals surface area (Å²) in [6.45, 7) is 1.93. The third-order valence-electron chi connectivity index (χ3n) is 5.39. The largest absolute Gasteiger partial charge is 0.493 e. The number of fused-ring (bicyclic) bond motifs is 1. The maximum absolute atomic E-state index is 13.5. The Morgan fingerprint density at radius 2 is 1.62 bits per heavy atom. The van der Waals surface area contributed by atoms with Crippen molar-refractivity contribution < 1.29 is 57.8 Å². The van der Waals surface area contributed by atoms with Gasteiger partial charge in [0, 0.05) is 25.7 Å². The zero-order chi connectivity index (χ0) is 28.1. The van der Waals surface area contributed by atoms with Gasteiger partial charge >= 0.3 is 11.1 Å². The Labute approximate surface area is 210 Å². The lowest BCUT2D eigenvalue weighted by molar-refractivity contribution is -0.278. The average Bonchev–Trinajstić information content (AvgIpc) is 3.02. The van der Waals surface area contributed by atoms with Crippen LogP contribution in [0.25, 0.3) is 0 Å². The number of sulfone groups is 1. The summed E-state index contributed by atoms with van der Waals surface area (Å²) >= 11 is 0. The predicted molar refractivity (Wildman–Crippen MR) is 124 cm³/mol. The van der Waals surface area contributed by atoms with E-state index in [-0.39, 0.29) is 21.9 Å². The second-order valence-corrected chi connectivity index (χ2v) is 10.4. The molecule has 1 aliphatic heterocycles. The van der Waals surface area contributed by atoms with Crippen LogP contribution in [0.3, 0.4) is 0 Å². The number of benzene rings is 2. The molecule has 1 atom stereocenters. The predicted octanol–water partition coefficient (Wildman–Crippen LogP) is -1.19. The van der Waals surface area contributed by atoms with Gasteiger partial charge in [-0.05, 0) is 30.3 Å². The SMILES string of the molecule is COc1ccc(C(O)(N2C(=O)c3cccc(NC(C)=O)c3C2=O)C(O)(O)S(C)(=O)=O)cc1OC(C)(O)O. The number of aliphatic hydroxyl groups is 5. The van der Waals surface area contributed by atoms with Gasteiger partial charge in [-0.1, -0.05) is 6.07 Å². The van der Waals surface area contributed by atoms with Gasteiger partial charge in [0.1, 0.15) is 0 Å². The normalized spacial score (nSPS) is 15.8. The summed E-state index contributed by atoms with van der Waals surface area (Å²) in [5.74, 6) is -6.89. The van der Waals surface area contributed by atoms with Crippen LogP contribution in [0.4, 0.5) is 5.69 Å². The number of hydrogen-bond donors (Lipinski definition) is 6. The van der Waals surface area contributed by atoms with E-state index in [0.717, 1.165) is 39.2 Å². The Balaban J connectivity index is 2.35. The standard InChI is InChI=1S/C22H24N2O12S/c1-11(25)23-14-7-5-6-13-17(14)19(27)24(18(13)26)21(30,22(31,32)37(4,33)34)12-8-9-15(35-3)16(10-12)36-20(2,28)29/h5-10,28-32H,1-4H3,(H,23,25). The summed E-state index contributed by atoms with van der Waals surface area (Å²) < 4.78 is 34.9. The molecule has 2 aromatic carbocycles. The van der Waals surface area contributed by atoms with E-state index in [0.29, 0.717) is 12.3 Å². The van der Waals surface area contributed by atoms with E-state index in [4.69, 9.17) is 9.47 Å². The van der Waals surface area contributed by atoms with Crippen LogP contribution in [0.5, 0.6) is 11.5 Å². The van der Waals surface area contributed by atoms with Crippen molar-refractivity contribution in [2.45, 2.75) is 30.7 Å². The summed E-state index contributed by atoms with van der Waals surface area (Å²) in [6.07, 6.45) is 0.332. The first-order valence-electron chi connectivity index (χ1n) is 10.3. The van der Waals surface area contributed by atoms with Crippen molar-refractivity contribution in [3.8, 4) is 11.5 Å². The van der Waals surface area contributed by atoms with E-state index in [9.17, 15) is 48.3 Å². The Kier molecular flexibility index (Phi) is 6.85. The fourth-order valence-electron chi connectivity index (χ4n) is 3.78. The number of rotatable bonds is 8. The van der Waals surface area contributed by atoms with Crippen molar-refractivity contribution in [3.05, 3.63) is 53.1 Å². The quantitative estimate of drug-likeness (QED) is 0.172. The molecule has 200 valence electrons. The molecule has 37 heavy (non-hydrogen) atoms. The van der Waals surface area contributed by atoms with E-state index in [1.807, 2.05) is 0 Å². The van der Waals surface area contributed by atoms with Gasteiger partial charge in [-0.2, -0.15) is 0 Å². The molecule has 0 fully saturated rings. The number of anilines is 1. The number of methoxy groups -OCH3 is 1. The number of carbonyl (C=O) groups is 3. The van der Waals surface area contributed by atoms with Gasteiger partial charge in [0.05, 0.1) is 23.9 Å². The molecule has 0 aromatic heterocycles. The first-order chi connectivity index (χ1) is 16.9. The zero-order valence-corrected chi connectivity index (χ0v) is 20.7. The van der Waals surface area contributed by atoms with Crippen molar-refractivity contribution in [3.63, 3.8) is 0 Å². The molecular formula is C22H24N2O12S. The highest BCUT2D eigenvalue weighted by molar-refractivity contribution is 7.91. The lowest BCUT2D eigenvalue weighted by atomic mass is 9.98. The van der Waals surface area contributed by atoms with Gasteiger partial charge < -0.3 is 40.3 Å². The van der Waals surface area contributed by atoms with Gasteiger partial charge in [0.15, 0.2) is 11.5 Å². The minimum atomic E-state index is -5.10. The Hall–Kier alpha value is -3.60. The van der Waals surface area contributed by atoms with Crippen molar-refractivity contribution in [2.24, 2.45) is 0 Å². The van der Waals surface area contributed by atoms with Crippen LogP contribution in [-0.2, 0) is 20.4 Å². The molecule has 3 amide bonds. The van der Waals surface area contributed by atoms with Gasteiger partial charge in [0.25, 0.3) is 11.8 Å². The number of carbonyl (C=O) groups excluding carboxylic acids is 3. The van der Waals surface area contributed by atoms with E-state index >= 15 is 0 Å². The van der Waals surface area contributed by atoms with Gasteiger partial charge in [-0.15, -0.1) is 0 Å². The topological polar surface area (TPSA) is 220 Å². The lowest BCUT2D eigenvalue weighted by Crippen LogP contribution is -2.66. The van der Waals surface area contributed by atoms with Crippen LogP contribution >= 0.6 is 0 Å². The summed E-state index contributed by atoms with van der Waals surface area (Å²) in [5.41, 5.74) is -5.55. The minimum absolute atomic E-state index is 0.0906. The third-order valence-corrected chi connectivity index (χ3v) is 6.71. The molecule has 3 rings (SSSR count). The molecule has 15 heteroatoms. The fraction of sp³-hybridized carbons (Fsp3) is 0.318. The van der Waals surface area contributed by atoms with Crippen molar-refractivity contribution in [1.82, 2.24) is 4.90 Å². The van der Waals surface area contributed by atoms with Crippen LogP contribution in [0.2, 0.25) is 0 Å². The van der Waals surface area contributed by atoms with Gasteiger partial charge in [-0.25, -0.2) is 13.3 Å². The average molecular weight is 541 g/mol. The van der Waals surface area contributed by atoms with Gasteiger partial charge in [0.2, 0.25) is 21.5 Å². The molecule has 6 N–H and O–H groups in total. The Bertz CT molecular complexity index is 1400. The summed E-state index contributed by atoms with van der Waals surface area (Å²) in [6, 6.07) is 6.32. The number of hydrogen-bond acceptors (Lipinski definition) is 12. The lowest BCUT2D eigenvalue weighted by Gasteiger charge is -2.43. The molecular weight excluding hydrogens is 516 g/mol. The van der Waals surface area contributed by atoms with Gasteiger partial charge in [-0.3, -0.25) is 14.4 Å². The molecule has 1 unspecified atom stereocenters. The van der Waals surface area contributed by atoms with Crippen LogP contribution < -0.4 is 14.8 Å². The molecule has 1 aliphatic rings. The van der Waals surface area contributed by atoms with Crippen LogP contribution in [0.1, 0.15) is 40.1 Å². The van der Waals surface area contributed by atoms with Crippen LogP contribution in [0.15, 0.2) is 36.4 Å².